The smallest absolute Gasteiger partial charge is 0.396 e. The van der Waals surface area contributed by atoms with Gasteiger partial charge in [0.1, 0.15) is 0 Å². The lowest BCUT2D eigenvalue weighted by molar-refractivity contribution is -0.134. The first-order chi connectivity index (χ1) is 5.19. The molecule has 0 spiro atoms. The molecular formula is C4H7F3O4S. The summed E-state index contributed by atoms with van der Waals surface area (Å²) in [4.78, 5) is 0. The quantitative estimate of drug-likeness (QED) is 0.649. The molecule has 0 bridgehead atoms. The molecule has 0 fully saturated rings. The Morgan fingerprint density at radius 2 is 1.75 bits per heavy atom. The van der Waals surface area contributed by atoms with Gasteiger partial charge in [-0.05, 0) is 6.42 Å². The average Bonchev–Trinajstić information content (AvgIpc) is 1.77. The zero-order chi connectivity index (χ0) is 9.99. The molecule has 0 saturated heterocycles. The average molecular weight is 208 g/mol. The third-order valence-electron chi connectivity index (χ3n) is 1.12. The number of aliphatic hydroxyl groups is 1. The third-order valence-corrected chi connectivity index (χ3v) is 2.34. The Kier molecular flexibility index (Phi) is 3.48. The number of halogens is 3. The molecule has 0 aliphatic heterocycles. The van der Waals surface area contributed by atoms with Gasteiger partial charge in [0.25, 0.3) is 10.1 Å². The van der Waals surface area contributed by atoms with Gasteiger partial charge < -0.3 is 5.11 Å². The van der Waals surface area contributed by atoms with Gasteiger partial charge in [-0.25, -0.2) is 0 Å². The molecule has 8 heteroatoms. The van der Waals surface area contributed by atoms with Crippen LogP contribution in [0.15, 0.2) is 0 Å². The minimum atomic E-state index is -5.17. The summed E-state index contributed by atoms with van der Waals surface area (Å²) in [7, 11) is -5.17. The Labute approximate surface area is 66.8 Å². The van der Waals surface area contributed by atoms with E-state index in [-0.39, 0.29) is 0 Å². The molecule has 4 nitrogen and oxygen atoms in total. The first kappa shape index (κ1) is 11.7. The summed E-state index contributed by atoms with van der Waals surface area (Å²) in [5, 5.41) is 5.19. The van der Waals surface area contributed by atoms with Crippen LogP contribution in [0.1, 0.15) is 6.42 Å². The maximum absolute atomic E-state index is 11.8. The molecule has 0 saturated carbocycles. The molecule has 74 valence electrons. The molecule has 2 N–H and O–H groups in total. The maximum Gasteiger partial charge on any atom is 0.407 e. The van der Waals surface area contributed by atoms with E-state index in [9.17, 15) is 21.6 Å². The summed E-state index contributed by atoms with van der Waals surface area (Å²) in [5.41, 5.74) is 0. The van der Waals surface area contributed by atoms with Crippen LogP contribution < -0.4 is 0 Å². The Morgan fingerprint density at radius 3 is 1.83 bits per heavy atom. The largest absolute Gasteiger partial charge is 0.407 e. The fourth-order valence-electron chi connectivity index (χ4n) is 0.599. The highest BCUT2D eigenvalue weighted by molar-refractivity contribution is 7.86. The van der Waals surface area contributed by atoms with Crippen LogP contribution in [0.2, 0.25) is 0 Å². The van der Waals surface area contributed by atoms with Crippen molar-refractivity contribution in [3.05, 3.63) is 0 Å². The summed E-state index contributed by atoms with van der Waals surface area (Å²) in [6.07, 6.45) is -6.10. The molecule has 0 aromatic rings. The normalized spacial score (nSPS) is 16.1. The summed E-state index contributed by atoms with van der Waals surface area (Å²) in [6.45, 7) is -0.954. The lowest BCUT2D eigenvalue weighted by Gasteiger charge is -2.15. The molecule has 1 unspecified atom stereocenters. The number of alkyl halides is 3. The molecule has 0 aliphatic rings. The predicted molar refractivity (Wildman–Crippen MR) is 33.1 cm³/mol. The summed E-state index contributed by atoms with van der Waals surface area (Å²) >= 11 is 0. The molecule has 12 heavy (non-hydrogen) atoms. The molecule has 1 atom stereocenters. The standard InChI is InChI=1S/C4H7F3O4S/c5-4(6,7)3(1-2-8)12(9,10)11/h3,8H,1-2H2,(H,9,10,11). The van der Waals surface area contributed by atoms with Crippen molar-refractivity contribution in [2.75, 3.05) is 6.61 Å². The Balaban J connectivity index is 4.70. The van der Waals surface area contributed by atoms with Crippen molar-refractivity contribution in [3.8, 4) is 0 Å². The maximum atomic E-state index is 11.8. The summed E-state index contributed by atoms with van der Waals surface area (Å²) in [6, 6.07) is 0. The van der Waals surface area contributed by atoms with Crippen LogP contribution in [0.4, 0.5) is 13.2 Å². The van der Waals surface area contributed by atoms with E-state index >= 15 is 0 Å². The third kappa shape index (κ3) is 3.37. The first-order valence-corrected chi connectivity index (χ1v) is 4.33. The topological polar surface area (TPSA) is 74.6 Å². The first-order valence-electron chi connectivity index (χ1n) is 2.83. The van der Waals surface area contributed by atoms with E-state index in [1.165, 1.54) is 0 Å². The van der Waals surface area contributed by atoms with E-state index in [4.69, 9.17) is 9.66 Å². The SMILES string of the molecule is O=S(=O)(O)C(CCO)C(F)(F)F. The molecular weight excluding hydrogens is 201 g/mol. The van der Waals surface area contributed by atoms with Gasteiger partial charge in [-0.3, -0.25) is 4.55 Å². The van der Waals surface area contributed by atoms with Crippen LogP contribution >= 0.6 is 0 Å². The van der Waals surface area contributed by atoms with Gasteiger partial charge in [0, 0.05) is 6.61 Å². The minimum absolute atomic E-state index is 0.954. The van der Waals surface area contributed by atoms with E-state index in [1.54, 1.807) is 0 Å². The van der Waals surface area contributed by atoms with Crippen molar-refractivity contribution in [2.45, 2.75) is 17.8 Å². The van der Waals surface area contributed by atoms with Crippen molar-refractivity contribution < 1.29 is 31.2 Å². The van der Waals surface area contributed by atoms with Crippen LogP contribution in [0, 0.1) is 0 Å². The van der Waals surface area contributed by atoms with Gasteiger partial charge in [0.15, 0.2) is 5.25 Å². The van der Waals surface area contributed by atoms with Gasteiger partial charge in [0.05, 0.1) is 0 Å². The van der Waals surface area contributed by atoms with Gasteiger partial charge in [0.2, 0.25) is 0 Å². The Bertz CT molecular complexity index is 231. The molecule has 0 aromatic carbocycles. The van der Waals surface area contributed by atoms with E-state index in [1.807, 2.05) is 0 Å². The van der Waals surface area contributed by atoms with E-state index in [0.29, 0.717) is 0 Å². The molecule has 0 amide bonds. The predicted octanol–water partition coefficient (Wildman–Crippen LogP) is 0.188. The molecule has 0 radical (unpaired) electrons. The number of rotatable bonds is 3. The van der Waals surface area contributed by atoms with Crippen molar-refractivity contribution in [1.82, 2.24) is 0 Å². The lowest BCUT2D eigenvalue weighted by Crippen LogP contribution is -2.37. The van der Waals surface area contributed by atoms with Gasteiger partial charge in [-0.1, -0.05) is 0 Å². The summed E-state index contributed by atoms with van der Waals surface area (Å²) < 4.78 is 63.5. The van der Waals surface area contributed by atoms with Crippen LogP contribution in [-0.4, -0.2) is 36.1 Å². The lowest BCUT2D eigenvalue weighted by atomic mass is 10.3. The molecule has 0 aromatic heterocycles. The number of hydrogen-bond donors (Lipinski definition) is 2. The second kappa shape index (κ2) is 3.58. The Morgan fingerprint density at radius 1 is 1.33 bits per heavy atom. The fourth-order valence-corrected chi connectivity index (χ4v) is 1.34. The second-order valence-electron chi connectivity index (χ2n) is 2.06. The molecule has 0 heterocycles. The van der Waals surface area contributed by atoms with Gasteiger partial charge in [-0.2, -0.15) is 21.6 Å². The Hall–Kier alpha value is -0.340. The van der Waals surface area contributed by atoms with Crippen molar-refractivity contribution >= 4 is 10.1 Å². The molecule has 0 rings (SSSR count). The van der Waals surface area contributed by atoms with Crippen LogP contribution in [-0.2, 0) is 10.1 Å². The van der Waals surface area contributed by atoms with Crippen LogP contribution in [0.25, 0.3) is 0 Å². The van der Waals surface area contributed by atoms with Gasteiger partial charge >= 0.3 is 6.18 Å². The van der Waals surface area contributed by atoms with E-state index in [2.05, 4.69) is 0 Å². The van der Waals surface area contributed by atoms with Crippen molar-refractivity contribution in [1.29, 1.82) is 0 Å². The fraction of sp³-hybridized carbons (Fsp3) is 1.00. The molecule has 0 aliphatic carbocycles. The number of aliphatic hydroxyl groups excluding tert-OH is 1. The van der Waals surface area contributed by atoms with E-state index < -0.39 is 34.6 Å². The van der Waals surface area contributed by atoms with Gasteiger partial charge in [-0.15, -0.1) is 0 Å². The van der Waals surface area contributed by atoms with Crippen molar-refractivity contribution in [2.24, 2.45) is 0 Å². The monoisotopic (exact) mass is 208 g/mol. The zero-order valence-electron chi connectivity index (χ0n) is 5.74. The second-order valence-corrected chi connectivity index (χ2v) is 3.66. The summed E-state index contributed by atoms with van der Waals surface area (Å²) in [5.74, 6) is 0. The van der Waals surface area contributed by atoms with Crippen LogP contribution in [0.3, 0.4) is 0 Å². The highest BCUT2D eigenvalue weighted by atomic mass is 32.2. The zero-order valence-corrected chi connectivity index (χ0v) is 6.56. The highest BCUT2D eigenvalue weighted by Crippen LogP contribution is 2.27. The van der Waals surface area contributed by atoms with Crippen molar-refractivity contribution in [3.63, 3.8) is 0 Å². The number of hydrogen-bond acceptors (Lipinski definition) is 3. The minimum Gasteiger partial charge on any atom is -0.396 e. The van der Waals surface area contributed by atoms with Crippen LogP contribution in [0.5, 0.6) is 0 Å². The van der Waals surface area contributed by atoms with E-state index in [0.717, 1.165) is 0 Å². The highest BCUT2D eigenvalue weighted by Gasteiger charge is 2.47.